The third kappa shape index (κ3) is 2.61. The number of aryl methyl sites for hydroxylation is 1. The second-order valence-corrected chi connectivity index (χ2v) is 4.65. The maximum atomic E-state index is 13.1. The molecule has 1 amide bonds. The molecule has 0 spiro atoms. The number of aromatic amines is 1. The van der Waals surface area contributed by atoms with Crippen molar-refractivity contribution in [1.29, 1.82) is 0 Å². The van der Waals surface area contributed by atoms with Crippen molar-refractivity contribution in [3.8, 4) is 0 Å². The molecule has 1 aromatic heterocycles. The normalized spacial score (nSPS) is 10.4. The third-order valence-electron chi connectivity index (χ3n) is 3.10. The molecule has 0 unspecified atom stereocenters. The molecule has 0 fully saturated rings. The van der Waals surface area contributed by atoms with Crippen LogP contribution >= 0.6 is 0 Å². The summed E-state index contributed by atoms with van der Waals surface area (Å²) in [6.07, 6.45) is 0. The number of nitrogens with one attached hydrogen (secondary N) is 2. The Morgan fingerprint density at radius 3 is 2.50 bits per heavy atom. The van der Waals surface area contributed by atoms with E-state index in [4.69, 9.17) is 0 Å². The predicted molar refractivity (Wildman–Crippen MR) is 74.6 cm³/mol. The zero-order valence-electron chi connectivity index (χ0n) is 11.5. The molecule has 0 bridgehead atoms. The molecule has 0 saturated heterocycles. The number of carbonyl (C=O) groups excluding carboxylic acids is 2. The number of H-pyrrole nitrogens is 1. The predicted octanol–water partition coefficient (Wildman–Crippen LogP) is 3.23. The summed E-state index contributed by atoms with van der Waals surface area (Å²) in [5.74, 6) is -0.917. The first-order valence-electron chi connectivity index (χ1n) is 6.17. The Kier molecular flexibility index (Phi) is 3.70. The molecule has 0 radical (unpaired) electrons. The molecule has 2 rings (SSSR count). The zero-order chi connectivity index (χ0) is 14.9. The van der Waals surface area contributed by atoms with E-state index >= 15 is 0 Å². The number of hydrogen-bond acceptors (Lipinski definition) is 2. The molecular formula is C15H15FN2O2. The fraction of sp³-hybridized carbons (Fsp3) is 0.200. The molecular weight excluding hydrogens is 259 g/mol. The SMILES string of the molecule is CC(=O)c1[nH]c(C)c(C(=O)Nc2cccc(F)c2)c1C. The van der Waals surface area contributed by atoms with Crippen molar-refractivity contribution in [1.82, 2.24) is 4.98 Å². The summed E-state index contributed by atoms with van der Waals surface area (Å²) in [4.78, 5) is 26.6. The smallest absolute Gasteiger partial charge is 0.257 e. The van der Waals surface area contributed by atoms with Crippen molar-refractivity contribution >= 4 is 17.4 Å². The van der Waals surface area contributed by atoms with Gasteiger partial charge in [0.1, 0.15) is 5.82 Å². The fourth-order valence-electron chi connectivity index (χ4n) is 2.20. The summed E-state index contributed by atoms with van der Waals surface area (Å²) in [5.41, 5.74) is 2.43. The molecule has 0 aliphatic heterocycles. The Morgan fingerprint density at radius 2 is 1.95 bits per heavy atom. The molecule has 0 saturated carbocycles. The van der Waals surface area contributed by atoms with Crippen LogP contribution in [-0.2, 0) is 0 Å². The van der Waals surface area contributed by atoms with Gasteiger partial charge in [0.2, 0.25) is 0 Å². The van der Waals surface area contributed by atoms with Crippen LogP contribution in [0.1, 0.15) is 39.0 Å². The largest absolute Gasteiger partial charge is 0.355 e. The lowest BCUT2D eigenvalue weighted by atomic mass is 10.1. The monoisotopic (exact) mass is 274 g/mol. The van der Waals surface area contributed by atoms with Crippen molar-refractivity contribution in [3.63, 3.8) is 0 Å². The van der Waals surface area contributed by atoms with Crippen molar-refractivity contribution in [2.24, 2.45) is 0 Å². The van der Waals surface area contributed by atoms with Gasteiger partial charge in [0.05, 0.1) is 11.3 Å². The van der Waals surface area contributed by atoms with Gasteiger partial charge in [0.15, 0.2) is 5.78 Å². The number of ketones is 1. The Balaban J connectivity index is 2.32. The highest BCUT2D eigenvalue weighted by atomic mass is 19.1. The minimum absolute atomic E-state index is 0.129. The van der Waals surface area contributed by atoms with E-state index in [0.29, 0.717) is 28.2 Å². The molecule has 20 heavy (non-hydrogen) atoms. The second kappa shape index (κ2) is 5.28. The molecule has 0 aliphatic carbocycles. The van der Waals surface area contributed by atoms with Crippen LogP contribution in [0.4, 0.5) is 10.1 Å². The highest BCUT2D eigenvalue weighted by Crippen LogP contribution is 2.20. The van der Waals surface area contributed by atoms with E-state index in [1.165, 1.54) is 25.1 Å². The van der Waals surface area contributed by atoms with Gasteiger partial charge in [0, 0.05) is 18.3 Å². The van der Waals surface area contributed by atoms with Crippen molar-refractivity contribution in [3.05, 3.63) is 52.6 Å². The summed E-state index contributed by atoms with van der Waals surface area (Å²) in [6, 6.07) is 5.66. The van der Waals surface area contributed by atoms with Crippen LogP contribution in [0, 0.1) is 19.7 Å². The van der Waals surface area contributed by atoms with Gasteiger partial charge < -0.3 is 10.3 Å². The van der Waals surface area contributed by atoms with Crippen LogP contribution in [-0.4, -0.2) is 16.7 Å². The first kappa shape index (κ1) is 14.0. The lowest BCUT2D eigenvalue weighted by molar-refractivity contribution is 0.101. The second-order valence-electron chi connectivity index (χ2n) is 4.65. The van der Waals surface area contributed by atoms with E-state index in [1.54, 1.807) is 19.9 Å². The van der Waals surface area contributed by atoms with Gasteiger partial charge in [-0.2, -0.15) is 0 Å². The average Bonchev–Trinajstić information content (AvgIpc) is 2.65. The lowest BCUT2D eigenvalue weighted by Gasteiger charge is -2.06. The number of halogens is 1. The third-order valence-corrected chi connectivity index (χ3v) is 3.10. The standard InChI is InChI=1S/C15H15FN2O2/c1-8-13(9(2)17-14(8)10(3)19)15(20)18-12-6-4-5-11(16)7-12/h4-7,17H,1-3H3,(H,18,20). The first-order valence-corrected chi connectivity index (χ1v) is 6.17. The molecule has 2 N–H and O–H groups in total. The Bertz CT molecular complexity index is 689. The van der Waals surface area contributed by atoms with Gasteiger partial charge in [-0.25, -0.2) is 4.39 Å². The van der Waals surface area contributed by atoms with E-state index in [9.17, 15) is 14.0 Å². The van der Waals surface area contributed by atoms with Crippen molar-refractivity contribution in [2.45, 2.75) is 20.8 Å². The topological polar surface area (TPSA) is 62.0 Å². The summed E-state index contributed by atoms with van der Waals surface area (Å²) in [7, 11) is 0. The summed E-state index contributed by atoms with van der Waals surface area (Å²) in [6.45, 7) is 4.87. The number of anilines is 1. The molecule has 1 aromatic carbocycles. The Labute approximate surface area is 116 Å². The van der Waals surface area contributed by atoms with Crippen molar-refractivity contribution < 1.29 is 14.0 Å². The highest BCUT2D eigenvalue weighted by Gasteiger charge is 2.20. The minimum Gasteiger partial charge on any atom is -0.355 e. The van der Waals surface area contributed by atoms with Gasteiger partial charge in [0.25, 0.3) is 5.91 Å². The van der Waals surface area contributed by atoms with E-state index in [0.717, 1.165) is 0 Å². The molecule has 5 heteroatoms. The molecule has 2 aromatic rings. The molecule has 104 valence electrons. The van der Waals surface area contributed by atoms with Gasteiger partial charge >= 0.3 is 0 Å². The molecule has 4 nitrogen and oxygen atoms in total. The maximum Gasteiger partial charge on any atom is 0.257 e. The lowest BCUT2D eigenvalue weighted by Crippen LogP contribution is -2.14. The number of Topliss-reactive ketones (excluding diaryl/α,β-unsaturated/α-hetero) is 1. The number of benzene rings is 1. The summed E-state index contributed by atoms with van der Waals surface area (Å²) < 4.78 is 13.1. The highest BCUT2D eigenvalue weighted by molar-refractivity contribution is 6.08. The van der Waals surface area contributed by atoms with Crippen LogP contribution in [0.25, 0.3) is 0 Å². The quantitative estimate of drug-likeness (QED) is 0.844. The van der Waals surface area contributed by atoms with E-state index in [-0.39, 0.29) is 11.7 Å². The van der Waals surface area contributed by atoms with Crippen LogP contribution in [0.15, 0.2) is 24.3 Å². The average molecular weight is 274 g/mol. The van der Waals surface area contributed by atoms with Gasteiger partial charge in [-0.1, -0.05) is 6.07 Å². The molecule has 0 aliphatic rings. The number of amides is 1. The van der Waals surface area contributed by atoms with E-state index in [1.807, 2.05) is 0 Å². The first-order chi connectivity index (χ1) is 9.40. The van der Waals surface area contributed by atoms with Crippen LogP contribution in [0.3, 0.4) is 0 Å². The van der Waals surface area contributed by atoms with Crippen LogP contribution in [0.5, 0.6) is 0 Å². The number of aromatic nitrogens is 1. The zero-order valence-corrected chi connectivity index (χ0v) is 11.5. The number of hydrogen-bond donors (Lipinski definition) is 2. The van der Waals surface area contributed by atoms with E-state index in [2.05, 4.69) is 10.3 Å². The Hall–Kier alpha value is -2.43. The summed E-state index contributed by atoms with van der Waals surface area (Å²) >= 11 is 0. The fourth-order valence-corrected chi connectivity index (χ4v) is 2.20. The van der Waals surface area contributed by atoms with Crippen molar-refractivity contribution in [2.75, 3.05) is 5.32 Å². The van der Waals surface area contributed by atoms with Gasteiger partial charge in [-0.05, 0) is 37.6 Å². The molecule has 1 heterocycles. The summed E-state index contributed by atoms with van der Waals surface area (Å²) in [5, 5.41) is 2.62. The van der Waals surface area contributed by atoms with Gasteiger partial charge in [-0.15, -0.1) is 0 Å². The van der Waals surface area contributed by atoms with Crippen LogP contribution < -0.4 is 5.32 Å². The minimum atomic E-state index is -0.422. The Morgan fingerprint density at radius 1 is 1.25 bits per heavy atom. The molecule has 0 atom stereocenters. The maximum absolute atomic E-state index is 13.1. The van der Waals surface area contributed by atoms with Gasteiger partial charge in [-0.3, -0.25) is 9.59 Å². The van der Waals surface area contributed by atoms with Crippen LogP contribution in [0.2, 0.25) is 0 Å². The number of carbonyl (C=O) groups is 2. The number of rotatable bonds is 3. The van der Waals surface area contributed by atoms with E-state index < -0.39 is 5.82 Å².